The Bertz CT molecular complexity index is 755. The molecule has 4 nitrogen and oxygen atoms in total. The summed E-state index contributed by atoms with van der Waals surface area (Å²) in [5, 5.41) is 0. The third kappa shape index (κ3) is 2.96. The molecular formula is C18H18N2O2. The Morgan fingerprint density at radius 1 is 1.09 bits per heavy atom. The van der Waals surface area contributed by atoms with Crippen molar-refractivity contribution >= 4 is 5.91 Å². The van der Waals surface area contributed by atoms with Crippen molar-refractivity contribution in [3.05, 3.63) is 78.0 Å². The third-order valence-corrected chi connectivity index (χ3v) is 3.55. The van der Waals surface area contributed by atoms with E-state index in [1.165, 1.54) is 0 Å². The van der Waals surface area contributed by atoms with Gasteiger partial charge in [0.2, 0.25) is 0 Å². The van der Waals surface area contributed by atoms with Crippen molar-refractivity contribution in [2.75, 3.05) is 7.05 Å². The van der Waals surface area contributed by atoms with E-state index in [1.54, 1.807) is 11.9 Å². The lowest BCUT2D eigenvalue weighted by Crippen LogP contribution is -2.25. The normalized spacial score (nSPS) is 10.6. The Hall–Kier alpha value is -2.75. The highest BCUT2D eigenvalue weighted by molar-refractivity contribution is 5.94. The van der Waals surface area contributed by atoms with E-state index in [2.05, 4.69) is 0 Å². The summed E-state index contributed by atoms with van der Waals surface area (Å²) in [6.07, 6.45) is 3.95. The van der Waals surface area contributed by atoms with E-state index in [-0.39, 0.29) is 5.91 Å². The summed E-state index contributed by atoms with van der Waals surface area (Å²) >= 11 is 0. The maximum Gasteiger partial charge on any atom is 0.254 e. The molecule has 0 N–H and O–H groups in total. The number of amides is 1. The maximum atomic E-state index is 12.4. The second-order valence-electron chi connectivity index (χ2n) is 5.31. The molecule has 3 aromatic rings. The van der Waals surface area contributed by atoms with E-state index in [0.717, 1.165) is 17.2 Å². The molecule has 4 heteroatoms. The summed E-state index contributed by atoms with van der Waals surface area (Å²) in [5.41, 5.74) is 1.70. The summed E-state index contributed by atoms with van der Waals surface area (Å²) in [7, 11) is 1.78. The van der Waals surface area contributed by atoms with Gasteiger partial charge in [0.05, 0.1) is 6.54 Å². The summed E-state index contributed by atoms with van der Waals surface area (Å²) < 4.78 is 7.51. The van der Waals surface area contributed by atoms with Gasteiger partial charge < -0.3 is 13.9 Å². The minimum atomic E-state index is -0.0203. The molecule has 0 bridgehead atoms. The number of furan rings is 1. The van der Waals surface area contributed by atoms with Gasteiger partial charge in [0.1, 0.15) is 11.5 Å². The predicted octanol–water partition coefficient (Wildman–Crippen LogP) is 3.65. The van der Waals surface area contributed by atoms with Crippen LogP contribution in [0.15, 0.2) is 65.3 Å². The first-order valence-electron chi connectivity index (χ1n) is 7.18. The summed E-state index contributed by atoms with van der Waals surface area (Å²) in [6, 6.07) is 15.3. The zero-order valence-electron chi connectivity index (χ0n) is 12.7. The molecule has 0 radical (unpaired) electrons. The van der Waals surface area contributed by atoms with Crippen LogP contribution in [-0.2, 0) is 6.54 Å². The highest BCUT2D eigenvalue weighted by Gasteiger charge is 2.13. The number of nitrogens with zero attached hydrogens (tertiary/aromatic N) is 2. The second kappa shape index (κ2) is 5.93. The van der Waals surface area contributed by atoms with Gasteiger partial charge in [-0.1, -0.05) is 0 Å². The SMILES string of the molecule is Cc1ccc(CN(C)C(=O)c2ccc(-n3cccc3)cc2)o1. The Morgan fingerprint density at radius 2 is 1.77 bits per heavy atom. The van der Waals surface area contributed by atoms with E-state index < -0.39 is 0 Å². The summed E-state index contributed by atoms with van der Waals surface area (Å²) in [6.45, 7) is 2.36. The highest BCUT2D eigenvalue weighted by Crippen LogP contribution is 2.14. The molecule has 0 aliphatic heterocycles. The van der Waals surface area contributed by atoms with Crippen molar-refractivity contribution < 1.29 is 9.21 Å². The average Bonchev–Trinajstić information content (AvgIpc) is 3.18. The second-order valence-corrected chi connectivity index (χ2v) is 5.31. The molecule has 0 unspecified atom stereocenters. The molecule has 0 atom stereocenters. The number of aromatic nitrogens is 1. The monoisotopic (exact) mass is 294 g/mol. The molecule has 1 aromatic carbocycles. The Balaban J connectivity index is 1.71. The fourth-order valence-electron chi connectivity index (χ4n) is 2.38. The standard InChI is InChI=1S/C18H18N2O2/c1-14-5-10-17(22-14)13-19(2)18(21)15-6-8-16(9-7-15)20-11-3-4-12-20/h3-12H,13H2,1-2H3. The van der Waals surface area contributed by atoms with Gasteiger partial charge in [0.15, 0.2) is 0 Å². The van der Waals surface area contributed by atoms with Gasteiger partial charge in [-0.2, -0.15) is 0 Å². The average molecular weight is 294 g/mol. The van der Waals surface area contributed by atoms with Gasteiger partial charge in [-0.15, -0.1) is 0 Å². The number of carbonyl (C=O) groups excluding carboxylic acids is 1. The van der Waals surface area contributed by atoms with E-state index in [4.69, 9.17) is 4.42 Å². The van der Waals surface area contributed by atoms with Crippen LogP contribution in [0.25, 0.3) is 5.69 Å². The first-order valence-corrected chi connectivity index (χ1v) is 7.18. The van der Waals surface area contributed by atoms with Crippen LogP contribution in [0.5, 0.6) is 0 Å². The van der Waals surface area contributed by atoms with E-state index in [1.807, 2.05) is 72.4 Å². The van der Waals surface area contributed by atoms with Crippen molar-refractivity contribution in [2.24, 2.45) is 0 Å². The smallest absolute Gasteiger partial charge is 0.254 e. The van der Waals surface area contributed by atoms with Crippen LogP contribution in [0.4, 0.5) is 0 Å². The van der Waals surface area contributed by atoms with Gasteiger partial charge in [-0.3, -0.25) is 4.79 Å². The molecule has 0 aliphatic carbocycles. The molecule has 0 saturated heterocycles. The van der Waals surface area contributed by atoms with Crippen molar-refractivity contribution in [3.63, 3.8) is 0 Å². The number of hydrogen-bond donors (Lipinski definition) is 0. The van der Waals surface area contributed by atoms with Crippen LogP contribution < -0.4 is 0 Å². The first-order chi connectivity index (χ1) is 10.6. The van der Waals surface area contributed by atoms with E-state index in [9.17, 15) is 4.79 Å². The van der Waals surface area contributed by atoms with Crippen molar-refractivity contribution in [3.8, 4) is 5.69 Å². The fourth-order valence-corrected chi connectivity index (χ4v) is 2.38. The minimum Gasteiger partial charge on any atom is -0.464 e. The van der Waals surface area contributed by atoms with Crippen molar-refractivity contribution in [1.29, 1.82) is 0 Å². The van der Waals surface area contributed by atoms with Gasteiger partial charge >= 0.3 is 0 Å². The Morgan fingerprint density at radius 3 is 2.36 bits per heavy atom. The molecule has 1 amide bonds. The van der Waals surface area contributed by atoms with E-state index >= 15 is 0 Å². The summed E-state index contributed by atoms with van der Waals surface area (Å²) in [5.74, 6) is 1.62. The molecule has 0 aliphatic rings. The van der Waals surface area contributed by atoms with Crippen molar-refractivity contribution in [2.45, 2.75) is 13.5 Å². The van der Waals surface area contributed by atoms with Crippen LogP contribution in [0.1, 0.15) is 21.9 Å². The van der Waals surface area contributed by atoms with Gasteiger partial charge in [-0.25, -0.2) is 0 Å². The zero-order valence-corrected chi connectivity index (χ0v) is 12.7. The number of carbonyl (C=O) groups is 1. The topological polar surface area (TPSA) is 38.4 Å². The molecule has 0 spiro atoms. The highest BCUT2D eigenvalue weighted by atomic mass is 16.3. The van der Waals surface area contributed by atoms with Crippen LogP contribution in [0, 0.1) is 6.92 Å². The first kappa shape index (κ1) is 14.2. The maximum absolute atomic E-state index is 12.4. The van der Waals surface area contributed by atoms with Crippen LogP contribution in [0.2, 0.25) is 0 Å². The molecule has 2 heterocycles. The van der Waals surface area contributed by atoms with Gasteiger partial charge in [0.25, 0.3) is 5.91 Å². The van der Waals surface area contributed by atoms with Crippen LogP contribution >= 0.6 is 0 Å². The molecule has 2 aromatic heterocycles. The lowest BCUT2D eigenvalue weighted by molar-refractivity contribution is 0.0775. The number of benzene rings is 1. The van der Waals surface area contributed by atoms with Crippen LogP contribution in [0.3, 0.4) is 0 Å². The Labute approximate surface area is 129 Å². The zero-order chi connectivity index (χ0) is 15.5. The largest absolute Gasteiger partial charge is 0.464 e. The summed E-state index contributed by atoms with van der Waals surface area (Å²) in [4.78, 5) is 14.1. The number of rotatable bonds is 4. The minimum absolute atomic E-state index is 0.0203. The molecule has 22 heavy (non-hydrogen) atoms. The molecule has 3 rings (SSSR count). The van der Waals surface area contributed by atoms with E-state index in [0.29, 0.717) is 12.1 Å². The van der Waals surface area contributed by atoms with Gasteiger partial charge in [0, 0.05) is 30.7 Å². The quantitative estimate of drug-likeness (QED) is 0.736. The lowest BCUT2D eigenvalue weighted by Gasteiger charge is -2.16. The lowest BCUT2D eigenvalue weighted by atomic mass is 10.2. The predicted molar refractivity (Wildman–Crippen MR) is 85.0 cm³/mol. The molecular weight excluding hydrogens is 276 g/mol. The van der Waals surface area contributed by atoms with Gasteiger partial charge in [-0.05, 0) is 55.5 Å². The third-order valence-electron chi connectivity index (χ3n) is 3.55. The Kier molecular flexibility index (Phi) is 3.83. The van der Waals surface area contributed by atoms with Crippen molar-refractivity contribution in [1.82, 2.24) is 9.47 Å². The number of hydrogen-bond acceptors (Lipinski definition) is 2. The molecule has 112 valence electrons. The molecule has 0 saturated carbocycles. The molecule has 0 fully saturated rings. The number of aryl methyl sites for hydroxylation is 1. The van der Waals surface area contributed by atoms with Crippen LogP contribution in [-0.4, -0.2) is 22.4 Å². The fraction of sp³-hybridized carbons (Fsp3) is 0.167.